The number of rotatable bonds is 8. The third kappa shape index (κ3) is 4.64. The van der Waals surface area contributed by atoms with Crippen molar-refractivity contribution in [2.75, 3.05) is 18.5 Å². The number of anilines is 1. The van der Waals surface area contributed by atoms with Crippen LogP contribution >= 0.6 is 11.3 Å². The average Bonchev–Trinajstić information content (AvgIpc) is 3.16. The summed E-state index contributed by atoms with van der Waals surface area (Å²) in [6.45, 7) is 3.88. The Labute approximate surface area is 158 Å². The van der Waals surface area contributed by atoms with Crippen molar-refractivity contribution in [2.45, 2.75) is 39.2 Å². The van der Waals surface area contributed by atoms with E-state index in [1.807, 2.05) is 35.4 Å². The summed E-state index contributed by atoms with van der Waals surface area (Å²) in [6.07, 6.45) is 2.33. The fourth-order valence-electron chi connectivity index (χ4n) is 3.07. The number of hydrogen-bond acceptors (Lipinski definition) is 4. The smallest absolute Gasteiger partial charge is 0.224 e. The molecule has 5 nitrogen and oxygen atoms in total. The van der Waals surface area contributed by atoms with E-state index in [1.165, 1.54) is 5.56 Å². The number of ether oxygens (including phenoxy) is 1. The van der Waals surface area contributed by atoms with Crippen LogP contribution in [0.4, 0.5) is 5.69 Å². The molecule has 26 heavy (non-hydrogen) atoms. The molecule has 1 aromatic heterocycles. The minimum atomic E-state index is 0.0468. The molecule has 0 unspecified atom stereocenters. The number of carbonyl (C=O) groups is 2. The summed E-state index contributed by atoms with van der Waals surface area (Å²) >= 11 is 1.65. The fourth-order valence-corrected chi connectivity index (χ4v) is 3.73. The van der Waals surface area contributed by atoms with Gasteiger partial charge in [-0.25, -0.2) is 0 Å². The Balaban J connectivity index is 1.47. The zero-order valence-corrected chi connectivity index (χ0v) is 15.8. The first-order valence-corrected chi connectivity index (χ1v) is 9.95. The van der Waals surface area contributed by atoms with Gasteiger partial charge in [-0.3, -0.25) is 9.59 Å². The summed E-state index contributed by atoms with van der Waals surface area (Å²) in [5.41, 5.74) is 3.06. The average molecular weight is 372 g/mol. The number of thiophene rings is 1. The molecular formula is C20H24N2O3S. The quantitative estimate of drug-likeness (QED) is 0.716. The lowest BCUT2D eigenvalue weighted by Gasteiger charge is -2.21. The van der Waals surface area contributed by atoms with Gasteiger partial charge in [0, 0.05) is 37.2 Å². The van der Waals surface area contributed by atoms with Crippen LogP contribution in [-0.2, 0) is 22.6 Å². The van der Waals surface area contributed by atoms with Gasteiger partial charge in [-0.2, -0.15) is 11.3 Å². The fraction of sp³-hybridized carbons (Fsp3) is 0.400. The van der Waals surface area contributed by atoms with Gasteiger partial charge >= 0.3 is 0 Å². The molecule has 2 aromatic rings. The number of hydrogen-bond donors (Lipinski definition) is 1. The highest BCUT2D eigenvalue weighted by molar-refractivity contribution is 7.07. The Morgan fingerprint density at radius 2 is 2.19 bits per heavy atom. The third-order valence-electron chi connectivity index (χ3n) is 4.49. The van der Waals surface area contributed by atoms with E-state index >= 15 is 0 Å². The Morgan fingerprint density at radius 3 is 2.96 bits per heavy atom. The summed E-state index contributed by atoms with van der Waals surface area (Å²) < 4.78 is 5.89. The van der Waals surface area contributed by atoms with Crippen molar-refractivity contribution in [1.29, 1.82) is 0 Å². The molecule has 1 aliphatic heterocycles. The van der Waals surface area contributed by atoms with Crippen molar-refractivity contribution < 1.29 is 14.3 Å². The van der Waals surface area contributed by atoms with Gasteiger partial charge in [0.15, 0.2) is 0 Å². The highest BCUT2D eigenvalue weighted by Gasteiger charge is 2.18. The maximum atomic E-state index is 12.4. The molecule has 0 aliphatic carbocycles. The van der Waals surface area contributed by atoms with Gasteiger partial charge in [-0.15, -0.1) is 0 Å². The molecule has 6 heteroatoms. The lowest BCUT2D eigenvalue weighted by Crippen LogP contribution is -2.30. The summed E-state index contributed by atoms with van der Waals surface area (Å²) in [7, 11) is 0. The standard InChI is InChI=1S/C20H24N2O3S/c1-2-22(13-15-10-12-26-14-15)20(24)7-4-11-25-18-6-3-5-17-16(18)8-9-19(23)21-17/h3,5-6,10,12,14H,2,4,7-9,11,13H2,1H3,(H,21,23). The molecule has 138 valence electrons. The van der Waals surface area contributed by atoms with Crippen LogP contribution in [0, 0.1) is 0 Å². The van der Waals surface area contributed by atoms with E-state index in [0.717, 1.165) is 17.0 Å². The van der Waals surface area contributed by atoms with E-state index in [1.54, 1.807) is 11.3 Å². The maximum Gasteiger partial charge on any atom is 0.224 e. The van der Waals surface area contributed by atoms with Crippen molar-refractivity contribution >= 4 is 28.8 Å². The van der Waals surface area contributed by atoms with Crippen LogP contribution in [0.25, 0.3) is 0 Å². The minimum Gasteiger partial charge on any atom is -0.493 e. The molecule has 0 saturated carbocycles. The van der Waals surface area contributed by atoms with Crippen molar-refractivity contribution in [3.63, 3.8) is 0 Å². The SMILES string of the molecule is CCN(Cc1ccsc1)C(=O)CCCOc1cccc2c1CCC(=O)N2. The molecule has 2 heterocycles. The first-order chi connectivity index (χ1) is 12.7. The Hall–Kier alpha value is -2.34. The Bertz CT molecular complexity index is 758. The van der Waals surface area contributed by atoms with E-state index in [-0.39, 0.29) is 11.8 Å². The van der Waals surface area contributed by atoms with E-state index in [2.05, 4.69) is 16.8 Å². The van der Waals surface area contributed by atoms with Crippen LogP contribution in [0.2, 0.25) is 0 Å². The van der Waals surface area contributed by atoms with Crippen molar-refractivity contribution in [3.05, 3.63) is 46.2 Å². The topological polar surface area (TPSA) is 58.6 Å². The molecular weight excluding hydrogens is 348 g/mol. The molecule has 1 aromatic carbocycles. The van der Waals surface area contributed by atoms with Crippen LogP contribution in [0.1, 0.15) is 37.3 Å². The van der Waals surface area contributed by atoms with Crippen LogP contribution in [0.3, 0.4) is 0 Å². The number of nitrogens with zero attached hydrogens (tertiary/aromatic N) is 1. The minimum absolute atomic E-state index is 0.0468. The Kier molecular flexibility index (Phi) is 6.28. The first-order valence-electron chi connectivity index (χ1n) is 9.00. The molecule has 1 aliphatic rings. The molecule has 0 bridgehead atoms. The number of nitrogens with one attached hydrogen (secondary N) is 1. The van der Waals surface area contributed by atoms with E-state index in [0.29, 0.717) is 45.4 Å². The number of amides is 2. The monoisotopic (exact) mass is 372 g/mol. The lowest BCUT2D eigenvalue weighted by atomic mass is 10.0. The van der Waals surface area contributed by atoms with Gasteiger partial charge in [0.2, 0.25) is 11.8 Å². The molecule has 0 fully saturated rings. The first kappa shape index (κ1) is 18.5. The molecule has 1 N–H and O–H groups in total. The summed E-state index contributed by atoms with van der Waals surface area (Å²) in [5.74, 6) is 1.01. The van der Waals surface area contributed by atoms with E-state index < -0.39 is 0 Å². The van der Waals surface area contributed by atoms with Gasteiger partial charge in [-0.05, 0) is 54.3 Å². The second kappa shape index (κ2) is 8.85. The van der Waals surface area contributed by atoms with Gasteiger partial charge in [0.25, 0.3) is 0 Å². The highest BCUT2D eigenvalue weighted by Crippen LogP contribution is 2.31. The Morgan fingerprint density at radius 1 is 1.31 bits per heavy atom. The van der Waals surface area contributed by atoms with Gasteiger partial charge in [0.05, 0.1) is 6.61 Å². The molecule has 2 amide bonds. The summed E-state index contributed by atoms with van der Waals surface area (Å²) in [6, 6.07) is 7.75. The number of carbonyl (C=O) groups excluding carboxylic acids is 2. The molecule has 0 radical (unpaired) electrons. The van der Waals surface area contributed by atoms with E-state index in [4.69, 9.17) is 4.74 Å². The molecule has 3 rings (SSSR count). The van der Waals surface area contributed by atoms with Crippen molar-refractivity contribution in [2.24, 2.45) is 0 Å². The maximum absolute atomic E-state index is 12.4. The summed E-state index contributed by atoms with van der Waals surface area (Å²) in [5, 5.41) is 6.99. The van der Waals surface area contributed by atoms with Gasteiger partial charge in [-0.1, -0.05) is 6.07 Å². The third-order valence-corrected chi connectivity index (χ3v) is 5.22. The van der Waals surface area contributed by atoms with E-state index in [9.17, 15) is 9.59 Å². The molecule has 0 atom stereocenters. The second-order valence-electron chi connectivity index (χ2n) is 6.32. The number of benzene rings is 1. The zero-order chi connectivity index (χ0) is 18.4. The number of fused-ring (bicyclic) bond motifs is 1. The zero-order valence-electron chi connectivity index (χ0n) is 15.0. The van der Waals surface area contributed by atoms with Gasteiger partial charge < -0.3 is 15.0 Å². The molecule has 0 saturated heterocycles. The van der Waals surface area contributed by atoms with Crippen molar-refractivity contribution in [1.82, 2.24) is 4.90 Å². The highest BCUT2D eigenvalue weighted by atomic mass is 32.1. The molecule has 0 spiro atoms. The van der Waals surface area contributed by atoms with Crippen LogP contribution in [-0.4, -0.2) is 29.9 Å². The normalized spacial score (nSPS) is 13.0. The van der Waals surface area contributed by atoms with Crippen molar-refractivity contribution in [3.8, 4) is 5.75 Å². The second-order valence-corrected chi connectivity index (χ2v) is 7.10. The largest absolute Gasteiger partial charge is 0.493 e. The van der Waals surface area contributed by atoms with Crippen LogP contribution in [0.5, 0.6) is 5.75 Å². The summed E-state index contributed by atoms with van der Waals surface area (Å²) in [4.78, 5) is 25.8. The lowest BCUT2D eigenvalue weighted by molar-refractivity contribution is -0.131. The van der Waals surface area contributed by atoms with Crippen LogP contribution < -0.4 is 10.1 Å². The van der Waals surface area contributed by atoms with Crippen LogP contribution in [0.15, 0.2) is 35.0 Å². The van der Waals surface area contributed by atoms with Gasteiger partial charge in [0.1, 0.15) is 5.75 Å². The predicted molar refractivity (Wildman–Crippen MR) is 104 cm³/mol. The predicted octanol–water partition coefficient (Wildman–Crippen LogP) is 3.84.